The summed E-state index contributed by atoms with van der Waals surface area (Å²) < 4.78 is 82.9. The molecule has 332 valence electrons. The number of halogens is 6. The van der Waals surface area contributed by atoms with Gasteiger partial charge < -0.3 is 21.5 Å². The van der Waals surface area contributed by atoms with Crippen molar-refractivity contribution in [2.45, 2.75) is 152 Å². The van der Waals surface area contributed by atoms with Crippen molar-refractivity contribution < 1.29 is 41.0 Å². The minimum Gasteiger partial charge on any atom is -0.477 e. The fraction of sp³-hybridized carbons (Fsp3) is 0.556. The lowest BCUT2D eigenvalue weighted by Crippen LogP contribution is -2.36. The molecule has 0 radical (unpaired) electrons. The second-order valence-electron chi connectivity index (χ2n) is 16.8. The van der Waals surface area contributed by atoms with Crippen LogP contribution in [0.4, 0.5) is 38.0 Å². The molecule has 4 unspecified atom stereocenters. The monoisotopic (exact) mass is 857 g/mol. The van der Waals surface area contributed by atoms with E-state index in [0.29, 0.717) is 28.6 Å². The van der Waals surface area contributed by atoms with Crippen LogP contribution >= 0.6 is 0 Å². The molecular formula is C45H57F6N7O3. The van der Waals surface area contributed by atoms with Gasteiger partial charge in [-0.1, -0.05) is 138 Å². The number of aromatic nitrogens is 4. The maximum absolute atomic E-state index is 13.8. The SMILES string of the molecule is NC1CCCCCCC1.O=C(CC1CCCCCCC1)c1cnn2c1NC(c1ccccc1)CC2C(F)(F)F.O=C(O)c1cnn2c1NC(c1ccccc1)CC2C(F)(F)F. The standard InChI is InChI=1S/C23H28F3N3O.C14H12F3N3O2.C8H17N/c24-23(25,26)21-14-19(17-11-7-4-8-12-17)28-22-18(15-27-29(21)22)20(30)13-16-9-5-2-1-3-6-10-16;15-14(16,17)11-6-10(8-4-2-1-3-5-8)19-12-9(13(21)22)7-18-20(11)12;9-8-6-4-2-1-3-5-7-8/h4,7-8,11-12,15-16,19,21,28H,1-3,5-6,9-10,13-14H2;1-5,7,10-11,19H,6H2,(H,21,22);8H,1-7,9H2. The van der Waals surface area contributed by atoms with Gasteiger partial charge in [0.05, 0.1) is 30.0 Å². The first-order valence-corrected chi connectivity index (χ1v) is 21.6. The van der Waals surface area contributed by atoms with Crippen LogP contribution in [0.3, 0.4) is 0 Å². The Bertz CT molecular complexity index is 1990. The van der Waals surface area contributed by atoms with Crippen LogP contribution in [-0.2, 0) is 0 Å². The molecule has 0 bridgehead atoms. The number of hydrogen-bond donors (Lipinski definition) is 4. The Hall–Kier alpha value is -4.86. The summed E-state index contributed by atoms with van der Waals surface area (Å²) in [6, 6.07) is 13.5. The second-order valence-corrected chi connectivity index (χ2v) is 16.8. The first-order chi connectivity index (χ1) is 29.2. The zero-order chi connectivity index (χ0) is 43.6. The van der Waals surface area contributed by atoms with Crippen LogP contribution in [0.5, 0.6) is 0 Å². The normalized spacial score (nSPS) is 22.7. The summed E-state index contributed by atoms with van der Waals surface area (Å²) in [7, 11) is 0. The minimum atomic E-state index is -4.51. The van der Waals surface area contributed by atoms with E-state index in [1.807, 2.05) is 30.3 Å². The number of carbonyl (C=O) groups excluding carboxylic acids is 1. The number of nitrogens with zero attached hydrogens (tertiary/aromatic N) is 4. The van der Waals surface area contributed by atoms with Gasteiger partial charge in [-0.2, -0.15) is 36.5 Å². The predicted molar refractivity (Wildman–Crippen MR) is 221 cm³/mol. The van der Waals surface area contributed by atoms with Crippen LogP contribution in [-0.4, -0.2) is 54.8 Å². The first kappa shape index (κ1) is 45.7. The Morgan fingerprint density at radius 1 is 0.623 bits per heavy atom. The molecule has 0 amide bonds. The van der Waals surface area contributed by atoms with E-state index in [0.717, 1.165) is 42.1 Å². The Kier molecular flexibility index (Phi) is 15.6. The van der Waals surface area contributed by atoms with E-state index in [1.165, 1.54) is 70.4 Å². The van der Waals surface area contributed by atoms with Crippen molar-refractivity contribution in [2.24, 2.45) is 11.7 Å². The second kappa shape index (κ2) is 20.8. The van der Waals surface area contributed by atoms with Gasteiger partial charge in [-0.05, 0) is 29.9 Å². The van der Waals surface area contributed by atoms with Gasteiger partial charge >= 0.3 is 18.3 Å². The molecule has 5 N–H and O–H groups in total. The van der Waals surface area contributed by atoms with E-state index >= 15 is 0 Å². The highest BCUT2D eigenvalue weighted by molar-refractivity contribution is 6.00. The molecule has 2 aliphatic carbocycles. The number of carboxylic acids is 1. The summed E-state index contributed by atoms with van der Waals surface area (Å²) >= 11 is 0. The molecule has 10 nitrogen and oxygen atoms in total. The molecular weight excluding hydrogens is 801 g/mol. The average molecular weight is 858 g/mol. The fourth-order valence-electron chi connectivity index (χ4n) is 8.90. The largest absolute Gasteiger partial charge is 0.477 e. The highest BCUT2D eigenvalue weighted by atomic mass is 19.4. The van der Waals surface area contributed by atoms with Crippen molar-refractivity contribution in [2.75, 3.05) is 10.6 Å². The Morgan fingerprint density at radius 3 is 1.44 bits per heavy atom. The number of aromatic carboxylic acids is 1. The first-order valence-electron chi connectivity index (χ1n) is 21.6. The molecule has 16 heteroatoms. The smallest absolute Gasteiger partial charge is 0.410 e. The van der Waals surface area contributed by atoms with Crippen molar-refractivity contribution in [3.05, 3.63) is 95.3 Å². The number of benzene rings is 2. The maximum Gasteiger partial charge on any atom is 0.410 e. The van der Waals surface area contributed by atoms with E-state index in [1.54, 1.807) is 30.3 Å². The van der Waals surface area contributed by atoms with Crippen molar-refractivity contribution >= 4 is 23.4 Å². The third kappa shape index (κ3) is 12.2. The molecule has 4 atom stereocenters. The number of nitrogens with one attached hydrogen (secondary N) is 2. The van der Waals surface area contributed by atoms with Crippen LogP contribution in [0.25, 0.3) is 0 Å². The van der Waals surface area contributed by atoms with E-state index in [-0.39, 0.29) is 41.4 Å². The lowest BCUT2D eigenvalue weighted by molar-refractivity contribution is -0.174. The Balaban J connectivity index is 0.000000175. The number of nitrogens with two attached hydrogens (primary N) is 1. The number of hydrogen-bond acceptors (Lipinski definition) is 7. The van der Waals surface area contributed by atoms with Crippen LogP contribution in [0.15, 0.2) is 73.1 Å². The summed E-state index contributed by atoms with van der Waals surface area (Å²) in [6.07, 6.45) is 10.7. The molecule has 8 rings (SSSR count). The van der Waals surface area contributed by atoms with E-state index in [9.17, 15) is 35.9 Å². The van der Waals surface area contributed by atoms with Crippen molar-refractivity contribution in [3.8, 4) is 0 Å². The number of carbonyl (C=O) groups is 2. The molecule has 0 spiro atoms. The molecule has 2 aliphatic heterocycles. The molecule has 4 heterocycles. The predicted octanol–water partition coefficient (Wildman–Crippen LogP) is 11.8. The zero-order valence-electron chi connectivity index (χ0n) is 34.3. The summed E-state index contributed by atoms with van der Waals surface area (Å²) in [5.41, 5.74) is 7.26. The molecule has 4 aromatic rings. The lowest BCUT2D eigenvalue weighted by atomic mass is 9.86. The van der Waals surface area contributed by atoms with E-state index in [4.69, 9.17) is 10.8 Å². The van der Waals surface area contributed by atoms with Crippen molar-refractivity contribution in [1.82, 2.24) is 19.6 Å². The summed E-state index contributed by atoms with van der Waals surface area (Å²) in [4.78, 5) is 24.2. The van der Waals surface area contributed by atoms with Gasteiger partial charge in [0.15, 0.2) is 17.9 Å². The average Bonchev–Trinajstić information content (AvgIpc) is 3.85. The van der Waals surface area contributed by atoms with E-state index in [2.05, 4.69) is 20.8 Å². The highest BCUT2D eigenvalue weighted by Gasteiger charge is 2.48. The van der Waals surface area contributed by atoms with Gasteiger partial charge in [0.2, 0.25) is 0 Å². The number of fused-ring (bicyclic) bond motifs is 2. The quantitative estimate of drug-likeness (QED) is 0.111. The molecule has 2 saturated carbocycles. The van der Waals surface area contributed by atoms with Crippen LogP contribution < -0.4 is 16.4 Å². The number of Topliss-reactive ketones (excluding diaryl/α,β-unsaturated/α-hetero) is 1. The lowest BCUT2D eigenvalue weighted by Gasteiger charge is -2.34. The van der Waals surface area contributed by atoms with Crippen LogP contribution in [0.2, 0.25) is 0 Å². The summed E-state index contributed by atoms with van der Waals surface area (Å²) in [5, 5.41) is 22.8. The highest BCUT2D eigenvalue weighted by Crippen LogP contribution is 2.46. The van der Waals surface area contributed by atoms with Crippen molar-refractivity contribution in [3.63, 3.8) is 0 Å². The van der Waals surface area contributed by atoms with Gasteiger partial charge in [-0.15, -0.1) is 0 Å². The van der Waals surface area contributed by atoms with E-state index < -0.39 is 42.5 Å². The topological polar surface area (TPSA) is 140 Å². The third-order valence-corrected chi connectivity index (χ3v) is 12.3. The van der Waals surface area contributed by atoms with Crippen LogP contribution in [0.1, 0.15) is 165 Å². The van der Waals surface area contributed by atoms with Gasteiger partial charge in [0, 0.05) is 25.3 Å². The van der Waals surface area contributed by atoms with Gasteiger partial charge in [0.1, 0.15) is 17.2 Å². The molecule has 61 heavy (non-hydrogen) atoms. The molecule has 2 fully saturated rings. The zero-order valence-corrected chi connectivity index (χ0v) is 34.3. The minimum absolute atomic E-state index is 0.107. The molecule has 2 aromatic carbocycles. The fourth-order valence-corrected chi connectivity index (χ4v) is 8.90. The van der Waals surface area contributed by atoms with Gasteiger partial charge in [-0.3, -0.25) is 4.79 Å². The maximum atomic E-state index is 13.8. The van der Waals surface area contributed by atoms with Crippen molar-refractivity contribution in [1.29, 1.82) is 0 Å². The van der Waals surface area contributed by atoms with Gasteiger partial charge in [-0.25, -0.2) is 14.2 Å². The number of rotatable bonds is 6. The molecule has 4 aliphatic rings. The Morgan fingerprint density at radius 2 is 1.02 bits per heavy atom. The number of alkyl halides is 6. The van der Waals surface area contributed by atoms with Gasteiger partial charge in [0.25, 0.3) is 0 Å². The summed E-state index contributed by atoms with van der Waals surface area (Å²) in [5.74, 6) is -1.03. The Labute approximate surface area is 352 Å². The van der Waals surface area contributed by atoms with Crippen LogP contribution in [0, 0.1) is 5.92 Å². The molecule has 2 aromatic heterocycles. The third-order valence-electron chi connectivity index (χ3n) is 12.3. The number of carboxylic acid groups (broad SMARTS) is 1. The summed E-state index contributed by atoms with van der Waals surface area (Å²) in [6.45, 7) is 0. The number of anilines is 2. The number of ketones is 1. The molecule has 0 saturated heterocycles.